The molecule has 20 heavy (non-hydrogen) atoms. The summed E-state index contributed by atoms with van der Waals surface area (Å²) in [6.45, 7) is 0.642. The lowest BCUT2D eigenvalue weighted by Crippen LogP contribution is -2.37. The van der Waals surface area contributed by atoms with E-state index in [-0.39, 0.29) is 6.23 Å². The lowest BCUT2D eigenvalue weighted by atomic mass is 10.2. The molecule has 6 nitrogen and oxygen atoms in total. The van der Waals surface area contributed by atoms with E-state index in [2.05, 4.69) is 15.4 Å². The smallest absolute Gasteiger partial charge is 0.337 e. The summed E-state index contributed by atoms with van der Waals surface area (Å²) in [6, 6.07) is 4.08. The number of rotatable bonds is 3. The molecule has 0 aromatic heterocycles. The minimum Gasteiger partial charge on any atom is -0.465 e. The van der Waals surface area contributed by atoms with Gasteiger partial charge in [-0.25, -0.2) is 9.59 Å². The first-order chi connectivity index (χ1) is 9.60. The van der Waals surface area contributed by atoms with Crippen LogP contribution in [0.5, 0.6) is 0 Å². The van der Waals surface area contributed by atoms with Crippen LogP contribution in [-0.2, 0) is 9.47 Å². The van der Waals surface area contributed by atoms with Crippen molar-refractivity contribution in [1.82, 2.24) is 5.32 Å². The van der Waals surface area contributed by atoms with Crippen molar-refractivity contribution in [2.24, 2.45) is 0 Å². The number of benzene rings is 1. The molecule has 2 N–H and O–H groups in total. The number of amides is 2. The summed E-state index contributed by atoms with van der Waals surface area (Å²) < 4.78 is 9.91. The Balaban J connectivity index is 2.03. The molecule has 108 valence electrons. The van der Waals surface area contributed by atoms with Gasteiger partial charge in [0.25, 0.3) is 0 Å². The van der Waals surface area contributed by atoms with Gasteiger partial charge in [0, 0.05) is 6.61 Å². The van der Waals surface area contributed by atoms with Crippen molar-refractivity contribution in [2.45, 2.75) is 19.1 Å². The highest BCUT2D eigenvalue weighted by Crippen LogP contribution is 2.23. The first kappa shape index (κ1) is 14.6. The molecule has 7 heteroatoms. The van der Waals surface area contributed by atoms with E-state index in [1.807, 2.05) is 0 Å². The van der Waals surface area contributed by atoms with Crippen molar-refractivity contribution in [1.29, 1.82) is 0 Å². The number of carbonyl (C=O) groups excluding carboxylic acids is 2. The minimum absolute atomic E-state index is 0.280. The number of halogens is 1. The van der Waals surface area contributed by atoms with Crippen molar-refractivity contribution in [3.8, 4) is 0 Å². The van der Waals surface area contributed by atoms with Crippen molar-refractivity contribution < 1.29 is 19.1 Å². The highest BCUT2D eigenvalue weighted by atomic mass is 35.5. The van der Waals surface area contributed by atoms with E-state index in [0.717, 1.165) is 12.8 Å². The Kier molecular flexibility index (Phi) is 4.81. The molecule has 1 aliphatic heterocycles. The molecule has 1 aromatic carbocycles. The summed E-state index contributed by atoms with van der Waals surface area (Å²) in [4.78, 5) is 23.2. The van der Waals surface area contributed by atoms with Crippen LogP contribution < -0.4 is 10.6 Å². The van der Waals surface area contributed by atoms with Gasteiger partial charge >= 0.3 is 12.0 Å². The number of methoxy groups -OCH3 is 1. The van der Waals surface area contributed by atoms with E-state index in [4.69, 9.17) is 16.3 Å². The second-order valence-electron chi connectivity index (χ2n) is 4.29. The molecule has 1 aliphatic rings. The molecule has 1 heterocycles. The number of ether oxygens (including phenoxy) is 2. The van der Waals surface area contributed by atoms with Crippen LogP contribution in [0.3, 0.4) is 0 Å². The van der Waals surface area contributed by atoms with Crippen LogP contribution in [-0.4, -0.2) is 31.9 Å². The number of hydrogen-bond acceptors (Lipinski definition) is 4. The Bertz CT molecular complexity index is 515. The maximum absolute atomic E-state index is 11.8. The first-order valence-electron chi connectivity index (χ1n) is 6.17. The molecule has 0 spiro atoms. The Hall–Kier alpha value is -1.79. The molecule has 1 atom stereocenters. The van der Waals surface area contributed by atoms with Crippen molar-refractivity contribution >= 4 is 29.3 Å². The maximum Gasteiger partial charge on any atom is 0.337 e. The van der Waals surface area contributed by atoms with E-state index >= 15 is 0 Å². The van der Waals surface area contributed by atoms with Crippen LogP contribution in [0.4, 0.5) is 10.5 Å². The second kappa shape index (κ2) is 6.58. The Morgan fingerprint density at radius 3 is 2.90 bits per heavy atom. The van der Waals surface area contributed by atoms with Gasteiger partial charge in [-0.15, -0.1) is 0 Å². The van der Waals surface area contributed by atoms with Gasteiger partial charge in [0.1, 0.15) is 6.23 Å². The van der Waals surface area contributed by atoms with Gasteiger partial charge in [0.15, 0.2) is 0 Å². The number of urea groups is 1. The SMILES string of the molecule is COC(=O)c1ccc(Cl)c(NC(=O)NC2CCCO2)c1. The van der Waals surface area contributed by atoms with Gasteiger partial charge in [-0.3, -0.25) is 0 Å². The van der Waals surface area contributed by atoms with Crippen LogP contribution in [0, 0.1) is 0 Å². The summed E-state index contributed by atoms with van der Waals surface area (Å²) in [5.41, 5.74) is 0.648. The summed E-state index contributed by atoms with van der Waals surface area (Å²) in [7, 11) is 1.29. The van der Waals surface area contributed by atoms with Crippen LogP contribution in [0.25, 0.3) is 0 Å². The quantitative estimate of drug-likeness (QED) is 0.840. The van der Waals surface area contributed by atoms with E-state index < -0.39 is 12.0 Å². The lowest BCUT2D eigenvalue weighted by molar-refractivity contribution is 0.0600. The van der Waals surface area contributed by atoms with Crippen LogP contribution in [0.2, 0.25) is 5.02 Å². The van der Waals surface area contributed by atoms with Gasteiger partial charge < -0.3 is 20.1 Å². The zero-order valence-corrected chi connectivity index (χ0v) is 11.7. The highest BCUT2D eigenvalue weighted by Gasteiger charge is 2.18. The molecule has 0 saturated carbocycles. The fourth-order valence-corrected chi connectivity index (χ4v) is 2.03. The molecule has 1 fully saturated rings. The second-order valence-corrected chi connectivity index (χ2v) is 4.69. The zero-order chi connectivity index (χ0) is 14.5. The summed E-state index contributed by atoms with van der Waals surface area (Å²) in [5, 5.41) is 5.59. The topological polar surface area (TPSA) is 76.7 Å². The molecular formula is C13H15ClN2O4. The third-order valence-corrected chi connectivity index (χ3v) is 3.19. The number of anilines is 1. The summed E-state index contributed by atoms with van der Waals surface area (Å²) in [5.74, 6) is -0.496. The third kappa shape index (κ3) is 3.61. The number of nitrogens with one attached hydrogen (secondary N) is 2. The van der Waals surface area contributed by atoms with E-state index in [0.29, 0.717) is 22.9 Å². The summed E-state index contributed by atoms with van der Waals surface area (Å²) >= 11 is 5.98. The van der Waals surface area contributed by atoms with E-state index in [1.54, 1.807) is 0 Å². The Morgan fingerprint density at radius 1 is 1.45 bits per heavy atom. The molecule has 0 aliphatic carbocycles. The van der Waals surface area contributed by atoms with Crippen LogP contribution in [0.1, 0.15) is 23.2 Å². The third-order valence-electron chi connectivity index (χ3n) is 2.86. The average molecular weight is 299 g/mol. The van der Waals surface area contributed by atoms with Gasteiger partial charge in [-0.05, 0) is 31.0 Å². The van der Waals surface area contributed by atoms with Crippen LogP contribution >= 0.6 is 11.6 Å². The fourth-order valence-electron chi connectivity index (χ4n) is 1.86. The van der Waals surface area contributed by atoms with Gasteiger partial charge in [-0.1, -0.05) is 11.6 Å². The molecule has 1 unspecified atom stereocenters. The molecule has 1 saturated heterocycles. The molecule has 0 radical (unpaired) electrons. The van der Waals surface area contributed by atoms with Crippen LogP contribution in [0.15, 0.2) is 18.2 Å². The van der Waals surface area contributed by atoms with E-state index in [1.165, 1.54) is 25.3 Å². The summed E-state index contributed by atoms with van der Waals surface area (Å²) in [6.07, 6.45) is 1.42. The van der Waals surface area contributed by atoms with Crippen molar-refractivity contribution in [3.05, 3.63) is 28.8 Å². The number of hydrogen-bond donors (Lipinski definition) is 2. The predicted octanol–water partition coefficient (Wildman–Crippen LogP) is 2.38. The molecule has 2 rings (SSSR count). The fraction of sp³-hybridized carbons (Fsp3) is 0.385. The van der Waals surface area contributed by atoms with E-state index in [9.17, 15) is 9.59 Å². The van der Waals surface area contributed by atoms with Gasteiger partial charge in [0.2, 0.25) is 0 Å². The van der Waals surface area contributed by atoms with Gasteiger partial charge in [-0.2, -0.15) is 0 Å². The van der Waals surface area contributed by atoms with Gasteiger partial charge in [0.05, 0.1) is 23.4 Å². The molecule has 1 aromatic rings. The van der Waals surface area contributed by atoms with Crippen molar-refractivity contribution in [3.63, 3.8) is 0 Å². The number of esters is 1. The number of carbonyl (C=O) groups is 2. The highest BCUT2D eigenvalue weighted by molar-refractivity contribution is 6.33. The molecule has 0 bridgehead atoms. The average Bonchev–Trinajstić information content (AvgIpc) is 2.93. The monoisotopic (exact) mass is 298 g/mol. The Morgan fingerprint density at radius 2 is 2.25 bits per heavy atom. The molecule has 2 amide bonds. The largest absolute Gasteiger partial charge is 0.465 e. The Labute approximate surface area is 121 Å². The van der Waals surface area contributed by atoms with Crippen molar-refractivity contribution in [2.75, 3.05) is 19.0 Å². The standard InChI is InChI=1S/C13H15ClN2O4/c1-19-12(17)8-4-5-9(14)10(7-8)15-13(18)16-11-3-2-6-20-11/h4-5,7,11H,2-3,6H2,1H3,(H2,15,16,18). The predicted molar refractivity (Wildman–Crippen MR) is 73.9 cm³/mol. The maximum atomic E-state index is 11.8. The normalized spacial score (nSPS) is 17.6. The first-order valence-corrected chi connectivity index (χ1v) is 6.55. The zero-order valence-electron chi connectivity index (χ0n) is 10.9. The minimum atomic E-state index is -0.496. The molecular weight excluding hydrogens is 284 g/mol. The lowest BCUT2D eigenvalue weighted by Gasteiger charge is -2.14.